The number of hydrogen-bond donors (Lipinski definition) is 2. The summed E-state index contributed by atoms with van der Waals surface area (Å²) in [5.74, 6) is -0.162. The largest absolute Gasteiger partial charge is 0.381 e. The number of anilines is 1. The molecule has 2 aromatic carbocycles. The van der Waals surface area contributed by atoms with Gasteiger partial charge in [0.25, 0.3) is 11.5 Å². The topological polar surface area (TPSA) is 77.7 Å². The fourth-order valence-corrected chi connectivity index (χ4v) is 6.68. The standard InChI is InChI=1S/C36H48N4O3/c1-5-15-40(31-13-18-43-19-14-31)34-22-30(29-11-9-28(10-12-29)24-39-16-7-6-8-17-39)21-32(27(34)4)35(41)37-23-33-25(2)20-26(3)38-36(33)42/h9-12,20-22,31H,5-8,13-19,23-24H2,1-4H3,(H,37,41)(H,38,42). The van der Waals surface area contributed by atoms with Crippen LogP contribution in [-0.2, 0) is 17.8 Å². The van der Waals surface area contributed by atoms with E-state index in [-0.39, 0.29) is 18.0 Å². The molecular formula is C36H48N4O3. The molecule has 1 amide bonds. The molecule has 2 aliphatic rings. The molecule has 230 valence electrons. The van der Waals surface area contributed by atoms with E-state index in [1.807, 2.05) is 26.0 Å². The number of pyridine rings is 1. The number of benzene rings is 2. The van der Waals surface area contributed by atoms with Crippen molar-refractivity contribution in [1.82, 2.24) is 15.2 Å². The molecule has 7 heteroatoms. The maximum Gasteiger partial charge on any atom is 0.253 e. The lowest BCUT2D eigenvalue weighted by Crippen LogP contribution is -2.40. The van der Waals surface area contributed by atoms with E-state index >= 15 is 0 Å². The minimum absolute atomic E-state index is 0.151. The number of rotatable bonds is 10. The van der Waals surface area contributed by atoms with Crippen LogP contribution in [0.4, 0.5) is 5.69 Å². The molecule has 0 atom stereocenters. The SMILES string of the molecule is CCCN(c1cc(-c2ccc(CN3CCCCC3)cc2)cc(C(=O)NCc2c(C)cc(C)[nH]c2=O)c1C)C1CCOCC1. The molecule has 2 aliphatic heterocycles. The molecule has 2 N–H and O–H groups in total. The van der Waals surface area contributed by atoms with Gasteiger partial charge in [-0.25, -0.2) is 0 Å². The minimum atomic E-state index is -0.162. The summed E-state index contributed by atoms with van der Waals surface area (Å²) in [5, 5.41) is 3.07. The lowest BCUT2D eigenvalue weighted by atomic mass is 9.94. The van der Waals surface area contributed by atoms with Gasteiger partial charge < -0.3 is 19.9 Å². The van der Waals surface area contributed by atoms with Crippen LogP contribution in [0.2, 0.25) is 0 Å². The molecule has 0 unspecified atom stereocenters. The second-order valence-corrected chi connectivity index (χ2v) is 12.4. The Labute approximate surface area is 256 Å². The van der Waals surface area contributed by atoms with Crippen LogP contribution in [0.1, 0.15) is 83.8 Å². The van der Waals surface area contributed by atoms with Crippen molar-refractivity contribution in [2.45, 2.75) is 85.4 Å². The molecule has 3 heterocycles. The smallest absolute Gasteiger partial charge is 0.253 e. The predicted octanol–water partition coefficient (Wildman–Crippen LogP) is 6.28. The Hall–Kier alpha value is -3.42. The van der Waals surface area contributed by atoms with Crippen molar-refractivity contribution in [3.63, 3.8) is 0 Å². The van der Waals surface area contributed by atoms with Gasteiger partial charge in [0.05, 0.1) is 0 Å². The average Bonchev–Trinajstić information content (AvgIpc) is 3.01. The summed E-state index contributed by atoms with van der Waals surface area (Å²) in [7, 11) is 0. The van der Waals surface area contributed by atoms with E-state index in [1.165, 1.54) is 37.9 Å². The van der Waals surface area contributed by atoms with Gasteiger partial charge in [-0.2, -0.15) is 0 Å². The van der Waals surface area contributed by atoms with Gasteiger partial charge in [-0.15, -0.1) is 0 Å². The van der Waals surface area contributed by atoms with Crippen molar-refractivity contribution in [2.24, 2.45) is 0 Å². The van der Waals surface area contributed by atoms with Gasteiger partial charge in [-0.1, -0.05) is 37.6 Å². The summed E-state index contributed by atoms with van der Waals surface area (Å²) >= 11 is 0. The van der Waals surface area contributed by atoms with Crippen molar-refractivity contribution in [3.8, 4) is 11.1 Å². The number of aryl methyl sites for hydroxylation is 2. The fraction of sp³-hybridized carbons (Fsp3) is 0.500. The zero-order valence-electron chi connectivity index (χ0n) is 26.4. The molecule has 2 fully saturated rings. The number of carbonyl (C=O) groups excluding carboxylic acids is 1. The molecule has 0 aliphatic carbocycles. The van der Waals surface area contributed by atoms with E-state index < -0.39 is 0 Å². The first-order valence-electron chi connectivity index (χ1n) is 16.1. The number of ether oxygens (including phenoxy) is 1. The van der Waals surface area contributed by atoms with Crippen molar-refractivity contribution >= 4 is 11.6 Å². The van der Waals surface area contributed by atoms with Gasteiger partial charge in [0.15, 0.2) is 0 Å². The highest BCUT2D eigenvalue weighted by Crippen LogP contribution is 2.34. The fourth-order valence-electron chi connectivity index (χ4n) is 6.68. The van der Waals surface area contributed by atoms with Crippen molar-refractivity contribution < 1.29 is 9.53 Å². The highest BCUT2D eigenvalue weighted by molar-refractivity contribution is 5.99. The Morgan fingerprint density at radius 2 is 1.72 bits per heavy atom. The molecule has 1 aromatic heterocycles. The molecule has 43 heavy (non-hydrogen) atoms. The average molecular weight is 585 g/mol. The number of aromatic amines is 1. The highest BCUT2D eigenvalue weighted by atomic mass is 16.5. The van der Waals surface area contributed by atoms with Crippen LogP contribution in [0.25, 0.3) is 11.1 Å². The Kier molecular flexibility index (Phi) is 10.4. The monoisotopic (exact) mass is 584 g/mol. The highest BCUT2D eigenvalue weighted by Gasteiger charge is 2.25. The Morgan fingerprint density at radius 3 is 2.40 bits per heavy atom. The molecule has 0 radical (unpaired) electrons. The minimum Gasteiger partial charge on any atom is -0.381 e. The van der Waals surface area contributed by atoms with E-state index in [2.05, 4.69) is 64.3 Å². The normalized spacial score (nSPS) is 16.3. The molecule has 0 saturated carbocycles. The summed E-state index contributed by atoms with van der Waals surface area (Å²) in [6, 6.07) is 15.5. The van der Waals surface area contributed by atoms with Gasteiger partial charge in [-0.3, -0.25) is 14.5 Å². The van der Waals surface area contributed by atoms with E-state index in [0.29, 0.717) is 17.2 Å². The number of carbonyl (C=O) groups is 1. The molecule has 5 rings (SSSR count). The van der Waals surface area contributed by atoms with Gasteiger partial charge in [0.2, 0.25) is 0 Å². The maximum absolute atomic E-state index is 13.8. The summed E-state index contributed by atoms with van der Waals surface area (Å²) in [6.07, 6.45) is 6.88. The predicted molar refractivity (Wildman–Crippen MR) is 175 cm³/mol. The summed E-state index contributed by atoms with van der Waals surface area (Å²) in [6.45, 7) is 14.0. The molecule has 0 bridgehead atoms. The molecule has 7 nitrogen and oxygen atoms in total. The second-order valence-electron chi connectivity index (χ2n) is 12.4. The number of H-pyrrole nitrogens is 1. The third kappa shape index (κ3) is 7.57. The first-order chi connectivity index (χ1) is 20.8. The molecular weight excluding hydrogens is 536 g/mol. The maximum atomic E-state index is 13.8. The number of likely N-dealkylation sites (tertiary alicyclic amines) is 1. The molecule has 3 aromatic rings. The van der Waals surface area contributed by atoms with Crippen LogP contribution in [0.3, 0.4) is 0 Å². The second kappa shape index (κ2) is 14.4. The van der Waals surface area contributed by atoms with Crippen LogP contribution in [-0.4, -0.2) is 54.7 Å². The van der Waals surface area contributed by atoms with Gasteiger partial charge >= 0.3 is 0 Å². The van der Waals surface area contributed by atoms with E-state index in [1.54, 1.807) is 0 Å². The third-order valence-corrected chi connectivity index (χ3v) is 9.09. The summed E-state index contributed by atoms with van der Waals surface area (Å²) in [4.78, 5) is 34.4. The Morgan fingerprint density at radius 1 is 1.00 bits per heavy atom. The summed E-state index contributed by atoms with van der Waals surface area (Å²) < 4.78 is 5.69. The van der Waals surface area contributed by atoms with Crippen LogP contribution in [0.5, 0.6) is 0 Å². The van der Waals surface area contributed by atoms with Crippen molar-refractivity contribution in [1.29, 1.82) is 0 Å². The van der Waals surface area contributed by atoms with Crippen LogP contribution in [0.15, 0.2) is 47.3 Å². The lowest BCUT2D eigenvalue weighted by molar-refractivity contribution is 0.0843. The van der Waals surface area contributed by atoms with Crippen LogP contribution < -0.4 is 15.8 Å². The van der Waals surface area contributed by atoms with E-state index in [4.69, 9.17) is 4.74 Å². The van der Waals surface area contributed by atoms with E-state index in [9.17, 15) is 9.59 Å². The molecule has 0 spiro atoms. The lowest BCUT2D eigenvalue weighted by Gasteiger charge is -2.37. The van der Waals surface area contributed by atoms with E-state index in [0.717, 1.165) is 79.2 Å². The number of hydrogen-bond acceptors (Lipinski definition) is 5. The van der Waals surface area contributed by atoms with Gasteiger partial charge in [0, 0.05) is 61.4 Å². The zero-order valence-corrected chi connectivity index (χ0v) is 26.4. The Balaban J connectivity index is 1.48. The third-order valence-electron chi connectivity index (χ3n) is 9.09. The zero-order chi connectivity index (χ0) is 30.3. The number of aromatic nitrogens is 1. The van der Waals surface area contributed by atoms with Crippen molar-refractivity contribution in [2.75, 3.05) is 37.7 Å². The van der Waals surface area contributed by atoms with Crippen molar-refractivity contribution in [3.05, 3.63) is 86.3 Å². The van der Waals surface area contributed by atoms with Gasteiger partial charge in [-0.05, 0) is 112 Å². The van der Waals surface area contributed by atoms with Crippen LogP contribution >= 0.6 is 0 Å². The molecule has 2 saturated heterocycles. The number of amides is 1. The van der Waals surface area contributed by atoms with Crippen LogP contribution in [0, 0.1) is 20.8 Å². The van der Waals surface area contributed by atoms with Gasteiger partial charge in [0.1, 0.15) is 0 Å². The summed E-state index contributed by atoms with van der Waals surface area (Å²) in [5.41, 5.74) is 8.33. The number of piperidine rings is 1. The first-order valence-corrected chi connectivity index (χ1v) is 16.1. The first kappa shape index (κ1) is 31.0. The quantitative estimate of drug-likeness (QED) is 0.293. The number of nitrogens with zero attached hydrogens (tertiary/aromatic N) is 2. The Bertz CT molecular complexity index is 1450. The number of nitrogens with one attached hydrogen (secondary N) is 2.